The fourth-order valence-corrected chi connectivity index (χ4v) is 2.53. The van der Waals surface area contributed by atoms with E-state index in [9.17, 15) is 4.79 Å². The molecule has 8 heteroatoms. The molecule has 27 heavy (non-hydrogen) atoms. The second-order valence-corrected chi connectivity index (χ2v) is 6.16. The van der Waals surface area contributed by atoms with Gasteiger partial charge < -0.3 is 14.4 Å². The monoisotopic (exact) mass is 408 g/mol. The van der Waals surface area contributed by atoms with E-state index in [2.05, 4.69) is 10.3 Å². The van der Waals surface area contributed by atoms with Crippen LogP contribution in [0.3, 0.4) is 0 Å². The molecule has 0 saturated heterocycles. The lowest BCUT2D eigenvalue weighted by Crippen LogP contribution is -2.19. The van der Waals surface area contributed by atoms with Gasteiger partial charge in [-0.3, -0.25) is 0 Å². The summed E-state index contributed by atoms with van der Waals surface area (Å²) in [5.74, 6) is -0.611. The zero-order chi connectivity index (χ0) is 19.8. The van der Waals surface area contributed by atoms with Crippen molar-refractivity contribution in [2.45, 2.75) is 13.5 Å². The Morgan fingerprint density at radius 1 is 1.04 bits per heavy atom. The second-order valence-electron chi connectivity index (χ2n) is 5.35. The molecule has 0 heterocycles. The van der Waals surface area contributed by atoms with Gasteiger partial charge in [0.1, 0.15) is 13.7 Å². The van der Waals surface area contributed by atoms with Crippen molar-refractivity contribution in [1.29, 1.82) is 0 Å². The van der Waals surface area contributed by atoms with Crippen LogP contribution in [-0.2, 0) is 25.8 Å². The quantitative estimate of drug-likeness (QED) is 0.385. The van der Waals surface area contributed by atoms with Crippen LogP contribution >= 0.6 is 23.2 Å². The van der Waals surface area contributed by atoms with Crippen LogP contribution in [0.15, 0.2) is 52.8 Å². The normalized spacial score (nSPS) is 11.9. The summed E-state index contributed by atoms with van der Waals surface area (Å²) < 4.78 is 4.75. The summed E-state index contributed by atoms with van der Waals surface area (Å²) in [6.45, 7) is 1.91. The third-order valence-corrected chi connectivity index (χ3v) is 4.33. The second kappa shape index (κ2) is 9.94. The number of ether oxygens (including phenoxy) is 1. The maximum Gasteiger partial charge on any atom is 0.360 e. The Balaban J connectivity index is 2.20. The smallest absolute Gasteiger partial charge is 0.360 e. The summed E-state index contributed by atoms with van der Waals surface area (Å²) in [5, 5.41) is 8.76. The molecule has 0 aliphatic heterocycles. The Kier molecular flexibility index (Phi) is 7.64. The predicted octanol–water partition coefficient (Wildman–Crippen LogP) is 4.46. The van der Waals surface area contributed by atoms with Crippen LogP contribution in [0.2, 0.25) is 10.0 Å². The van der Waals surface area contributed by atoms with Gasteiger partial charge in [-0.15, -0.1) is 0 Å². The molecule has 0 aromatic heterocycles. The zero-order valence-electron chi connectivity index (χ0n) is 15.0. The number of halogens is 2. The first-order valence-electron chi connectivity index (χ1n) is 7.87. The van der Waals surface area contributed by atoms with Crippen molar-refractivity contribution in [2.75, 3.05) is 14.2 Å². The van der Waals surface area contributed by atoms with E-state index < -0.39 is 5.97 Å². The van der Waals surface area contributed by atoms with Gasteiger partial charge in [-0.05, 0) is 19.1 Å². The first kappa shape index (κ1) is 20.7. The third-order valence-electron chi connectivity index (χ3n) is 3.59. The highest BCUT2D eigenvalue weighted by molar-refractivity contribution is 6.43. The average molecular weight is 409 g/mol. The van der Waals surface area contributed by atoms with Gasteiger partial charge in [0.05, 0.1) is 22.9 Å². The van der Waals surface area contributed by atoms with Gasteiger partial charge in [0.15, 0.2) is 5.71 Å². The van der Waals surface area contributed by atoms with Crippen molar-refractivity contribution in [3.63, 3.8) is 0 Å². The predicted molar refractivity (Wildman–Crippen MR) is 105 cm³/mol. The Morgan fingerprint density at radius 3 is 2.44 bits per heavy atom. The minimum absolute atomic E-state index is 0.0457. The number of hydrogen-bond donors (Lipinski definition) is 0. The van der Waals surface area contributed by atoms with E-state index in [0.29, 0.717) is 26.9 Å². The van der Waals surface area contributed by atoms with E-state index >= 15 is 0 Å². The molecule has 0 aliphatic rings. The Labute approximate surface area is 167 Å². The summed E-state index contributed by atoms with van der Waals surface area (Å²) in [5.41, 5.74) is 2.70. The van der Waals surface area contributed by atoms with E-state index in [4.69, 9.17) is 37.6 Å². The highest BCUT2D eigenvalue weighted by Crippen LogP contribution is 2.23. The molecule has 0 radical (unpaired) electrons. The maximum absolute atomic E-state index is 12.0. The summed E-state index contributed by atoms with van der Waals surface area (Å²) in [6, 6.07) is 12.3. The molecular formula is C19H18Cl2N2O4. The molecule has 0 atom stereocenters. The number of nitrogens with zero attached hydrogens (tertiary/aromatic N) is 2. The van der Waals surface area contributed by atoms with Crippen LogP contribution in [0.25, 0.3) is 0 Å². The standard InChI is InChI=1S/C19H18Cl2N2O4/c1-12(13-8-9-16(20)17(21)10-13)22-27-11-14-6-4-5-7-15(14)18(23-26-3)19(24)25-2/h4-10H,11H2,1-3H3/b22-12+,23-18-. The van der Waals surface area contributed by atoms with Crippen LogP contribution in [0.1, 0.15) is 23.6 Å². The molecule has 0 saturated carbocycles. The third kappa shape index (κ3) is 5.45. The number of esters is 1. The summed E-state index contributed by atoms with van der Waals surface area (Å²) >= 11 is 11.9. The van der Waals surface area contributed by atoms with E-state index in [0.717, 1.165) is 5.56 Å². The first-order valence-corrected chi connectivity index (χ1v) is 8.63. The van der Waals surface area contributed by atoms with E-state index in [1.165, 1.54) is 14.2 Å². The molecule has 6 nitrogen and oxygen atoms in total. The molecule has 0 unspecified atom stereocenters. The Bertz CT molecular complexity index is 882. The van der Waals surface area contributed by atoms with Gasteiger partial charge in [0.25, 0.3) is 0 Å². The fraction of sp³-hybridized carbons (Fsp3) is 0.211. The molecule has 0 amide bonds. The van der Waals surface area contributed by atoms with Crippen molar-refractivity contribution < 1.29 is 19.2 Å². The maximum atomic E-state index is 12.0. The van der Waals surface area contributed by atoms with Crippen LogP contribution in [0, 0.1) is 0 Å². The summed E-state index contributed by atoms with van der Waals surface area (Å²) in [6.07, 6.45) is 0. The molecule has 0 N–H and O–H groups in total. The average Bonchev–Trinajstić information content (AvgIpc) is 2.68. The number of benzene rings is 2. The zero-order valence-corrected chi connectivity index (χ0v) is 16.5. The van der Waals surface area contributed by atoms with Crippen molar-refractivity contribution >= 4 is 40.6 Å². The van der Waals surface area contributed by atoms with Crippen LogP contribution in [0.4, 0.5) is 0 Å². The van der Waals surface area contributed by atoms with E-state index in [-0.39, 0.29) is 12.3 Å². The van der Waals surface area contributed by atoms with Crippen molar-refractivity contribution in [3.05, 3.63) is 69.2 Å². The largest absolute Gasteiger partial charge is 0.464 e. The van der Waals surface area contributed by atoms with Gasteiger partial charge in [-0.2, -0.15) is 0 Å². The van der Waals surface area contributed by atoms with Crippen LogP contribution in [-0.4, -0.2) is 31.6 Å². The van der Waals surface area contributed by atoms with Gasteiger partial charge in [0, 0.05) is 16.7 Å². The van der Waals surface area contributed by atoms with E-state index in [1.807, 2.05) is 6.07 Å². The van der Waals surface area contributed by atoms with Crippen molar-refractivity contribution in [2.24, 2.45) is 10.3 Å². The number of oxime groups is 2. The fourth-order valence-electron chi connectivity index (χ4n) is 2.23. The number of rotatable bonds is 7. The lowest BCUT2D eigenvalue weighted by Gasteiger charge is -2.10. The Hall–Kier alpha value is -2.57. The molecule has 0 spiro atoms. The highest BCUT2D eigenvalue weighted by Gasteiger charge is 2.19. The van der Waals surface area contributed by atoms with Crippen LogP contribution < -0.4 is 0 Å². The molecule has 2 aromatic carbocycles. The summed E-state index contributed by atoms with van der Waals surface area (Å²) in [4.78, 5) is 22.2. The van der Waals surface area contributed by atoms with Crippen molar-refractivity contribution in [3.8, 4) is 0 Å². The molecule has 0 fully saturated rings. The number of carbonyl (C=O) groups excluding carboxylic acids is 1. The first-order chi connectivity index (χ1) is 13.0. The number of carbonyl (C=O) groups is 1. The number of hydrogen-bond acceptors (Lipinski definition) is 6. The molecule has 0 bridgehead atoms. The van der Waals surface area contributed by atoms with Gasteiger partial charge in [-0.1, -0.05) is 63.8 Å². The minimum atomic E-state index is -0.611. The lowest BCUT2D eigenvalue weighted by molar-refractivity contribution is -0.132. The molecule has 2 aromatic rings. The molecule has 2 rings (SSSR count). The summed E-state index contributed by atoms with van der Waals surface area (Å²) in [7, 11) is 2.63. The number of methoxy groups -OCH3 is 1. The van der Waals surface area contributed by atoms with Crippen molar-refractivity contribution in [1.82, 2.24) is 0 Å². The lowest BCUT2D eigenvalue weighted by atomic mass is 10.0. The van der Waals surface area contributed by atoms with Gasteiger partial charge in [0.2, 0.25) is 0 Å². The van der Waals surface area contributed by atoms with Gasteiger partial charge >= 0.3 is 5.97 Å². The van der Waals surface area contributed by atoms with E-state index in [1.54, 1.807) is 43.3 Å². The molecule has 142 valence electrons. The SMILES string of the molecule is CO/N=C(\C(=O)OC)c1ccccc1CO/N=C(\C)c1ccc(Cl)c(Cl)c1. The van der Waals surface area contributed by atoms with Crippen LogP contribution in [0.5, 0.6) is 0 Å². The molecule has 0 aliphatic carbocycles. The minimum Gasteiger partial charge on any atom is -0.464 e. The highest BCUT2D eigenvalue weighted by atomic mass is 35.5. The molecular weight excluding hydrogens is 391 g/mol. The topological polar surface area (TPSA) is 69.5 Å². The Morgan fingerprint density at radius 2 is 1.78 bits per heavy atom. The van der Waals surface area contributed by atoms with Gasteiger partial charge in [-0.25, -0.2) is 4.79 Å².